The lowest BCUT2D eigenvalue weighted by atomic mass is 10.0. The van der Waals surface area contributed by atoms with Crippen LogP contribution in [-0.2, 0) is 6.42 Å². The molecule has 1 heteroatoms. The van der Waals surface area contributed by atoms with Crippen LogP contribution >= 0.6 is 0 Å². The van der Waals surface area contributed by atoms with Gasteiger partial charge in [0.1, 0.15) is 0 Å². The van der Waals surface area contributed by atoms with Gasteiger partial charge in [0.2, 0.25) is 0 Å². The van der Waals surface area contributed by atoms with Gasteiger partial charge in [-0.25, -0.2) is 0 Å². The maximum absolute atomic E-state index is 3.82. The molecule has 0 saturated carbocycles. The van der Waals surface area contributed by atoms with Crippen LogP contribution in [0.15, 0.2) is 24.8 Å². The van der Waals surface area contributed by atoms with Crippen molar-refractivity contribution < 1.29 is 0 Å². The van der Waals surface area contributed by atoms with E-state index in [0.717, 1.165) is 13.0 Å². The van der Waals surface area contributed by atoms with E-state index in [0.29, 0.717) is 0 Å². The Kier molecular flexibility index (Phi) is 3.71. The Morgan fingerprint density at radius 3 is 2.85 bits per heavy atom. The topological polar surface area (TPSA) is 12.0 Å². The molecule has 0 spiro atoms. The van der Waals surface area contributed by atoms with Gasteiger partial charge in [0.05, 0.1) is 0 Å². The van der Waals surface area contributed by atoms with Gasteiger partial charge in [-0.05, 0) is 38.1 Å². The zero-order valence-corrected chi connectivity index (χ0v) is 8.43. The maximum atomic E-state index is 3.82. The van der Waals surface area contributed by atoms with Gasteiger partial charge >= 0.3 is 0 Å². The van der Waals surface area contributed by atoms with Crippen molar-refractivity contribution in [3.8, 4) is 0 Å². The predicted molar refractivity (Wildman–Crippen MR) is 58.9 cm³/mol. The number of likely N-dealkylation sites (N-methyl/N-ethyl adjacent to an activating group) is 1. The van der Waals surface area contributed by atoms with E-state index in [1.54, 1.807) is 0 Å². The first kappa shape index (κ1) is 10.0. The highest BCUT2D eigenvalue weighted by molar-refractivity contribution is 5.53. The fourth-order valence-electron chi connectivity index (χ4n) is 1.39. The Hall–Kier alpha value is -1.08. The molecule has 0 aromatic heterocycles. The zero-order chi connectivity index (χ0) is 9.68. The Morgan fingerprint density at radius 1 is 1.46 bits per heavy atom. The molecule has 0 saturated heterocycles. The molecule has 70 valence electrons. The first-order valence-corrected chi connectivity index (χ1v) is 4.64. The van der Waals surface area contributed by atoms with Gasteiger partial charge < -0.3 is 5.32 Å². The smallest absolute Gasteiger partial charge is 0.00111 e. The number of aryl methyl sites for hydroxylation is 1. The van der Waals surface area contributed by atoms with Crippen molar-refractivity contribution in [1.82, 2.24) is 5.32 Å². The lowest BCUT2D eigenvalue weighted by Gasteiger charge is -2.06. The molecule has 0 unspecified atom stereocenters. The van der Waals surface area contributed by atoms with Crippen LogP contribution in [0.5, 0.6) is 0 Å². The molecule has 0 atom stereocenters. The van der Waals surface area contributed by atoms with E-state index in [4.69, 9.17) is 0 Å². The summed E-state index contributed by atoms with van der Waals surface area (Å²) in [6.07, 6.45) is 3.00. The zero-order valence-electron chi connectivity index (χ0n) is 8.43. The van der Waals surface area contributed by atoms with Gasteiger partial charge in [-0.3, -0.25) is 0 Å². The number of rotatable bonds is 4. The molecule has 1 N–H and O–H groups in total. The summed E-state index contributed by atoms with van der Waals surface area (Å²) in [5, 5.41) is 3.15. The van der Waals surface area contributed by atoms with E-state index in [-0.39, 0.29) is 0 Å². The Morgan fingerprint density at radius 2 is 2.23 bits per heavy atom. The maximum Gasteiger partial charge on any atom is -0.00111 e. The molecule has 0 bridgehead atoms. The molecular weight excluding hydrogens is 158 g/mol. The lowest BCUT2D eigenvalue weighted by Crippen LogP contribution is -2.10. The average molecular weight is 175 g/mol. The fraction of sp³-hybridized carbons (Fsp3) is 0.333. The second-order valence-electron chi connectivity index (χ2n) is 3.26. The van der Waals surface area contributed by atoms with Gasteiger partial charge in [-0.2, -0.15) is 0 Å². The third-order valence-electron chi connectivity index (χ3n) is 2.17. The molecule has 0 aliphatic rings. The summed E-state index contributed by atoms with van der Waals surface area (Å²) < 4.78 is 0. The van der Waals surface area contributed by atoms with Crippen LogP contribution in [0.2, 0.25) is 0 Å². The van der Waals surface area contributed by atoms with Crippen LogP contribution in [0.25, 0.3) is 6.08 Å². The molecule has 1 aromatic rings. The van der Waals surface area contributed by atoms with Crippen molar-refractivity contribution in [1.29, 1.82) is 0 Å². The van der Waals surface area contributed by atoms with E-state index >= 15 is 0 Å². The monoisotopic (exact) mass is 175 g/mol. The quantitative estimate of drug-likeness (QED) is 0.741. The van der Waals surface area contributed by atoms with Crippen molar-refractivity contribution in [2.24, 2.45) is 0 Å². The lowest BCUT2D eigenvalue weighted by molar-refractivity contribution is 0.791. The number of nitrogens with one attached hydrogen (secondary N) is 1. The minimum atomic E-state index is 1.02. The Labute approximate surface area is 80.5 Å². The van der Waals surface area contributed by atoms with Crippen LogP contribution in [0.4, 0.5) is 0 Å². The molecule has 0 aliphatic carbocycles. The number of hydrogen-bond acceptors (Lipinski definition) is 1. The van der Waals surface area contributed by atoms with Crippen molar-refractivity contribution in [3.63, 3.8) is 0 Å². The standard InChI is InChI=1S/C12H17N/c1-4-11-9-10(2)5-6-12(11)7-8-13-3/h4-6,9,13H,1,7-8H2,2-3H3. The largest absolute Gasteiger partial charge is 0.319 e. The first-order chi connectivity index (χ1) is 6.27. The predicted octanol–water partition coefficient (Wildman–Crippen LogP) is 2.40. The molecule has 1 rings (SSSR count). The van der Waals surface area contributed by atoms with Gasteiger partial charge in [0, 0.05) is 0 Å². The summed E-state index contributed by atoms with van der Waals surface area (Å²) in [6.45, 7) is 6.94. The highest BCUT2D eigenvalue weighted by Crippen LogP contribution is 2.13. The number of benzene rings is 1. The van der Waals surface area contributed by atoms with Crippen LogP contribution in [-0.4, -0.2) is 13.6 Å². The summed E-state index contributed by atoms with van der Waals surface area (Å²) in [6, 6.07) is 6.51. The molecule has 1 nitrogen and oxygen atoms in total. The fourth-order valence-corrected chi connectivity index (χ4v) is 1.39. The van der Waals surface area contributed by atoms with E-state index < -0.39 is 0 Å². The van der Waals surface area contributed by atoms with Crippen LogP contribution < -0.4 is 5.32 Å². The SMILES string of the molecule is C=Cc1cc(C)ccc1CCNC. The second-order valence-corrected chi connectivity index (χ2v) is 3.26. The van der Waals surface area contributed by atoms with Crippen molar-refractivity contribution in [2.45, 2.75) is 13.3 Å². The summed E-state index contributed by atoms with van der Waals surface area (Å²) in [4.78, 5) is 0. The molecule has 0 heterocycles. The van der Waals surface area contributed by atoms with E-state index in [9.17, 15) is 0 Å². The summed E-state index contributed by atoms with van der Waals surface area (Å²) >= 11 is 0. The highest BCUT2D eigenvalue weighted by atomic mass is 14.8. The van der Waals surface area contributed by atoms with Crippen molar-refractivity contribution in [2.75, 3.05) is 13.6 Å². The second kappa shape index (κ2) is 4.83. The van der Waals surface area contributed by atoms with Crippen molar-refractivity contribution >= 4 is 6.08 Å². The van der Waals surface area contributed by atoms with E-state index in [1.807, 2.05) is 13.1 Å². The summed E-state index contributed by atoms with van der Waals surface area (Å²) in [5.74, 6) is 0. The number of hydrogen-bond donors (Lipinski definition) is 1. The van der Waals surface area contributed by atoms with Gasteiger partial charge in [0.25, 0.3) is 0 Å². The van der Waals surface area contributed by atoms with Gasteiger partial charge in [-0.1, -0.05) is 36.4 Å². The molecule has 0 radical (unpaired) electrons. The highest BCUT2D eigenvalue weighted by Gasteiger charge is 1.98. The summed E-state index contributed by atoms with van der Waals surface area (Å²) in [5.41, 5.74) is 3.92. The minimum absolute atomic E-state index is 1.02. The third-order valence-corrected chi connectivity index (χ3v) is 2.17. The molecule has 0 amide bonds. The van der Waals surface area contributed by atoms with E-state index in [1.165, 1.54) is 16.7 Å². The normalized spacial score (nSPS) is 10.0. The Balaban J connectivity index is 2.86. The molecule has 0 aliphatic heterocycles. The van der Waals surface area contributed by atoms with E-state index in [2.05, 4.69) is 37.0 Å². The molecule has 0 fully saturated rings. The van der Waals surface area contributed by atoms with Crippen molar-refractivity contribution in [3.05, 3.63) is 41.5 Å². The Bertz CT molecular complexity index is 289. The molecular formula is C12H17N. The third kappa shape index (κ3) is 2.71. The average Bonchev–Trinajstić information content (AvgIpc) is 2.16. The van der Waals surface area contributed by atoms with Gasteiger partial charge in [-0.15, -0.1) is 0 Å². The van der Waals surface area contributed by atoms with Crippen LogP contribution in [0.3, 0.4) is 0 Å². The minimum Gasteiger partial charge on any atom is -0.319 e. The van der Waals surface area contributed by atoms with Crippen LogP contribution in [0, 0.1) is 6.92 Å². The molecule has 13 heavy (non-hydrogen) atoms. The first-order valence-electron chi connectivity index (χ1n) is 4.64. The summed E-state index contributed by atoms with van der Waals surface area (Å²) in [7, 11) is 1.97. The van der Waals surface area contributed by atoms with Gasteiger partial charge in [0.15, 0.2) is 0 Å². The molecule has 1 aromatic carbocycles. The van der Waals surface area contributed by atoms with Crippen LogP contribution in [0.1, 0.15) is 16.7 Å².